The van der Waals surface area contributed by atoms with Crippen LogP contribution in [0.3, 0.4) is 0 Å². The highest BCUT2D eigenvalue weighted by Gasteiger charge is 2.34. The van der Waals surface area contributed by atoms with E-state index in [0.717, 1.165) is 5.56 Å². The van der Waals surface area contributed by atoms with Gasteiger partial charge in [0.1, 0.15) is 0 Å². The zero-order valence-corrected chi connectivity index (χ0v) is 13.2. The first-order valence-corrected chi connectivity index (χ1v) is 7.84. The molecule has 2 aromatic carbocycles. The van der Waals surface area contributed by atoms with E-state index >= 15 is 0 Å². The predicted molar refractivity (Wildman–Crippen MR) is 93.5 cm³/mol. The third kappa shape index (κ3) is 2.88. The minimum absolute atomic E-state index is 0.137. The molecule has 0 radical (unpaired) electrons. The van der Waals surface area contributed by atoms with Crippen LogP contribution in [0.5, 0.6) is 0 Å². The number of thioether (sulfide) groups is 1. The van der Waals surface area contributed by atoms with E-state index in [-0.39, 0.29) is 5.91 Å². The van der Waals surface area contributed by atoms with Gasteiger partial charge in [-0.25, -0.2) is 0 Å². The molecule has 1 aliphatic heterocycles. The summed E-state index contributed by atoms with van der Waals surface area (Å²) in [5.74, 6) is -0.137. The molecule has 2 aromatic rings. The third-order valence-corrected chi connectivity index (χ3v) is 4.61. The maximum atomic E-state index is 12.6. The molecule has 21 heavy (non-hydrogen) atoms. The molecule has 1 fully saturated rings. The van der Waals surface area contributed by atoms with Crippen LogP contribution in [0.2, 0.25) is 5.02 Å². The molecule has 5 heteroatoms. The van der Waals surface area contributed by atoms with Crippen molar-refractivity contribution in [3.63, 3.8) is 0 Å². The van der Waals surface area contributed by atoms with E-state index in [1.165, 1.54) is 16.7 Å². The van der Waals surface area contributed by atoms with Gasteiger partial charge < -0.3 is 0 Å². The van der Waals surface area contributed by atoms with Gasteiger partial charge in [0.15, 0.2) is 4.32 Å². The molecule has 0 saturated carbocycles. The van der Waals surface area contributed by atoms with Crippen molar-refractivity contribution in [3.05, 3.63) is 70.1 Å². The summed E-state index contributed by atoms with van der Waals surface area (Å²) in [6, 6.07) is 16.9. The number of halogens is 1. The second-order valence-corrected chi connectivity index (χ2v) is 6.46. The number of carbonyl (C=O) groups is 1. The van der Waals surface area contributed by atoms with Crippen LogP contribution in [-0.2, 0) is 4.79 Å². The highest BCUT2D eigenvalue weighted by atomic mass is 35.5. The monoisotopic (exact) mass is 331 g/mol. The van der Waals surface area contributed by atoms with Crippen molar-refractivity contribution in [3.8, 4) is 0 Å². The van der Waals surface area contributed by atoms with Gasteiger partial charge >= 0.3 is 0 Å². The summed E-state index contributed by atoms with van der Waals surface area (Å²) in [7, 11) is 0. The quantitative estimate of drug-likeness (QED) is 0.585. The van der Waals surface area contributed by atoms with E-state index in [4.69, 9.17) is 23.8 Å². The highest BCUT2D eigenvalue weighted by Crippen LogP contribution is 2.38. The SMILES string of the molecule is O=C1/C(=C\c2ccccc2)SC(=S)N1c1ccccc1Cl. The molecule has 1 heterocycles. The number of hydrogen-bond acceptors (Lipinski definition) is 3. The molecule has 0 spiro atoms. The molecule has 0 unspecified atom stereocenters. The standard InChI is InChI=1S/C16H10ClNOS2/c17-12-8-4-5-9-13(12)18-15(19)14(21-16(18)20)10-11-6-2-1-3-7-11/h1-10H/b14-10+. The van der Waals surface area contributed by atoms with Crippen molar-refractivity contribution in [1.29, 1.82) is 0 Å². The number of amides is 1. The van der Waals surface area contributed by atoms with Gasteiger partial charge in [0.2, 0.25) is 0 Å². The van der Waals surface area contributed by atoms with E-state index in [2.05, 4.69) is 0 Å². The first kappa shape index (κ1) is 14.3. The minimum Gasteiger partial charge on any atom is -0.268 e. The van der Waals surface area contributed by atoms with Gasteiger partial charge in [-0.15, -0.1) is 0 Å². The Kier molecular flexibility index (Phi) is 4.10. The predicted octanol–water partition coefficient (Wildman–Crippen LogP) is 4.75. The molecule has 104 valence electrons. The molecule has 0 atom stereocenters. The number of nitrogens with zero attached hydrogens (tertiary/aromatic N) is 1. The molecule has 3 rings (SSSR count). The third-order valence-electron chi connectivity index (χ3n) is 2.98. The molecule has 2 nitrogen and oxygen atoms in total. The number of anilines is 1. The Labute approximate surface area is 137 Å². The maximum Gasteiger partial charge on any atom is 0.270 e. The van der Waals surface area contributed by atoms with Gasteiger partial charge in [0.25, 0.3) is 5.91 Å². The average molecular weight is 332 g/mol. The highest BCUT2D eigenvalue weighted by molar-refractivity contribution is 8.27. The Balaban J connectivity index is 1.97. The summed E-state index contributed by atoms with van der Waals surface area (Å²) >= 11 is 12.8. The second kappa shape index (κ2) is 6.02. The molecule has 0 aliphatic carbocycles. The lowest BCUT2D eigenvalue weighted by atomic mass is 10.2. The van der Waals surface area contributed by atoms with Crippen LogP contribution in [0.4, 0.5) is 5.69 Å². The first-order chi connectivity index (χ1) is 10.2. The lowest BCUT2D eigenvalue weighted by molar-refractivity contribution is -0.113. The van der Waals surface area contributed by atoms with Crippen LogP contribution in [0.25, 0.3) is 6.08 Å². The Hall–Kier alpha value is -1.62. The van der Waals surface area contributed by atoms with E-state index in [9.17, 15) is 4.79 Å². The summed E-state index contributed by atoms with van der Waals surface area (Å²) in [6.45, 7) is 0. The summed E-state index contributed by atoms with van der Waals surface area (Å²) in [4.78, 5) is 14.6. The largest absolute Gasteiger partial charge is 0.270 e. The average Bonchev–Trinajstić information content (AvgIpc) is 2.76. The van der Waals surface area contributed by atoms with Crippen LogP contribution in [0.15, 0.2) is 59.5 Å². The fourth-order valence-corrected chi connectivity index (χ4v) is 3.51. The zero-order chi connectivity index (χ0) is 14.8. The van der Waals surface area contributed by atoms with Crippen molar-refractivity contribution in [2.75, 3.05) is 4.90 Å². The smallest absolute Gasteiger partial charge is 0.268 e. The summed E-state index contributed by atoms with van der Waals surface area (Å²) in [5.41, 5.74) is 1.59. The van der Waals surface area contributed by atoms with Crippen LogP contribution in [-0.4, -0.2) is 10.2 Å². The second-order valence-electron chi connectivity index (χ2n) is 4.38. The Bertz CT molecular complexity index is 743. The lowest BCUT2D eigenvalue weighted by Gasteiger charge is -2.15. The fourth-order valence-electron chi connectivity index (χ4n) is 2.01. The van der Waals surface area contributed by atoms with E-state index < -0.39 is 0 Å². The van der Waals surface area contributed by atoms with Gasteiger partial charge in [-0.2, -0.15) is 0 Å². The van der Waals surface area contributed by atoms with Gasteiger partial charge in [0, 0.05) is 0 Å². The van der Waals surface area contributed by atoms with Crippen LogP contribution in [0, 0.1) is 0 Å². The molecule has 1 saturated heterocycles. The van der Waals surface area contributed by atoms with Crippen LogP contribution >= 0.6 is 35.6 Å². The van der Waals surface area contributed by atoms with Crippen LogP contribution < -0.4 is 4.90 Å². The number of benzene rings is 2. The van der Waals surface area contributed by atoms with Crippen molar-refractivity contribution < 1.29 is 4.79 Å². The van der Waals surface area contributed by atoms with E-state index in [1.54, 1.807) is 12.1 Å². The lowest BCUT2D eigenvalue weighted by Crippen LogP contribution is -2.27. The van der Waals surface area contributed by atoms with Crippen molar-refractivity contribution >= 4 is 57.6 Å². The number of rotatable bonds is 2. The molecular formula is C16H10ClNOS2. The normalized spacial score (nSPS) is 16.8. The summed E-state index contributed by atoms with van der Waals surface area (Å²) < 4.78 is 0.496. The molecule has 0 bridgehead atoms. The Morgan fingerprint density at radius 3 is 2.43 bits per heavy atom. The molecule has 1 amide bonds. The zero-order valence-electron chi connectivity index (χ0n) is 10.8. The topological polar surface area (TPSA) is 20.3 Å². The van der Waals surface area contributed by atoms with Gasteiger partial charge in [-0.3, -0.25) is 9.69 Å². The van der Waals surface area contributed by atoms with Gasteiger partial charge in [-0.1, -0.05) is 78.0 Å². The van der Waals surface area contributed by atoms with Crippen molar-refractivity contribution in [2.45, 2.75) is 0 Å². The molecular weight excluding hydrogens is 322 g/mol. The summed E-state index contributed by atoms with van der Waals surface area (Å²) in [6.07, 6.45) is 1.84. The number of para-hydroxylation sites is 1. The van der Waals surface area contributed by atoms with Gasteiger partial charge in [-0.05, 0) is 23.8 Å². The maximum absolute atomic E-state index is 12.6. The van der Waals surface area contributed by atoms with Crippen molar-refractivity contribution in [1.82, 2.24) is 0 Å². The summed E-state index contributed by atoms with van der Waals surface area (Å²) in [5, 5.41) is 0.509. The van der Waals surface area contributed by atoms with E-state index in [1.807, 2.05) is 48.5 Å². The number of thiocarbonyl (C=S) groups is 1. The molecule has 1 aliphatic rings. The molecule has 0 aromatic heterocycles. The van der Waals surface area contributed by atoms with E-state index in [0.29, 0.717) is 19.9 Å². The van der Waals surface area contributed by atoms with Crippen molar-refractivity contribution in [2.24, 2.45) is 0 Å². The minimum atomic E-state index is -0.137. The number of carbonyl (C=O) groups excluding carboxylic acids is 1. The fraction of sp³-hybridized carbons (Fsp3) is 0. The Morgan fingerprint density at radius 1 is 1.05 bits per heavy atom. The number of hydrogen-bond donors (Lipinski definition) is 0. The first-order valence-electron chi connectivity index (χ1n) is 6.24. The molecule has 0 N–H and O–H groups in total. The Morgan fingerprint density at radius 2 is 1.71 bits per heavy atom. The van der Waals surface area contributed by atoms with Gasteiger partial charge in [0.05, 0.1) is 15.6 Å². The van der Waals surface area contributed by atoms with Crippen LogP contribution in [0.1, 0.15) is 5.56 Å².